The Morgan fingerprint density at radius 1 is 1.10 bits per heavy atom. The second kappa shape index (κ2) is 9.82. The molecule has 1 fully saturated rings. The SMILES string of the molecule is CN(C)CCNC(=O)C(Cc1ccccc1)NC(=O)C1(c2ccc(Cl)cc2Cl)CC1. The number of hydrogen-bond acceptors (Lipinski definition) is 3. The van der Waals surface area contributed by atoms with Crippen LogP contribution in [0.3, 0.4) is 0 Å². The van der Waals surface area contributed by atoms with Crippen molar-refractivity contribution in [3.05, 3.63) is 69.7 Å². The van der Waals surface area contributed by atoms with E-state index in [4.69, 9.17) is 23.2 Å². The van der Waals surface area contributed by atoms with Crippen LogP contribution < -0.4 is 10.6 Å². The first-order chi connectivity index (χ1) is 14.3. The lowest BCUT2D eigenvalue weighted by Gasteiger charge is -2.23. The fourth-order valence-corrected chi connectivity index (χ4v) is 4.09. The van der Waals surface area contributed by atoms with Crippen molar-refractivity contribution in [3.8, 4) is 0 Å². The molecule has 5 nitrogen and oxygen atoms in total. The molecule has 2 amide bonds. The summed E-state index contributed by atoms with van der Waals surface area (Å²) in [7, 11) is 3.89. The predicted octanol–water partition coefficient (Wildman–Crippen LogP) is 3.43. The van der Waals surface area contributed by atoms with Gasteiger partial charge in [-0.25, -0.2) is 0 Å². The summed E-state index contributed by atoms with van der Waals surface area (Å²) in [5.41, 5.74) is 1.05. The molecular formula is C23H27Cl2N3O2. The van der Waals surface area contributed by atoms with E-state index < -0.39 is 11.5 Å². The van der Waals surface area contributed by atoms with Gasteiger partial charge in [-0.2, -0.15) is 0 Å². The van der Waals surface area contributed by atoms with E-state index in [1.165, 1.54) is 0 Å². The maximum atomic E-state index is 13.3. The van der Waals surface area contributed by atoms with Gasteiger partial charge in [0.05, 0.1) is 5.41 Å². The fourth-order valence-electron chi connectivity index (χ4n) is 3.50. The number of carbonyl (C=O) groups excluding carboxylic acids is 2. The summed E-state index contributed by atoms with van der Waals surface area (Å²) in [6.45, 7) is 1.24. The lowest BCUT2D eigenvalue weighted by atomic mass is 9.94. The summed E-state index contributed by atoms with van der Waals surface area (Å²) in [5.74, 6) is -0.359. The molecule has 2 aromatic carbocycles. The number of carbonyl (C=O) groups is 2. The summed E-state index contributed by atoms with van der Waals surface area (Å²) in [6, 6.07) is 14.2. The number of amides is 2. The highest BCUT2D eigenvalue weighted by molar-refractivity contribution is 6.35. The number of halogens is 2. The van der Waals surface area contributed by atoms with Gasteiger partial charge in [-0.05, 0) is 50.2 Å². The predicted molar refractivity (Wildman–Crippen MR) is 121 cm³/mol. The minimum atomic E-state index is -0.694. The van der Waals surface area contributed by atoms with E-state index in [0.717, 1.165) is 17.7 Å². The molecule has 0 aromatic heterocycles. The van der Waals surface area contributed by atoms with Crippen LogP contribution in [0, 0.1) is 0 Å². The van der Waals surface area contributed by atoms with Crippen molar-refractivity contribution in [1.29, 1.82) is 0 Å². The van der Waals surface area contributed by atoms with Gasteiger partial charge in [-0.1, -0.05) is 59.6 Å². The van der Waals surface area contributed by atoms with Gasteiger partial charge < -0.3 is 15.5 Å². The van der Waals surface area contributed by atoms with Gasteiger partial charge in [-0.15, -0.1) is 0 Å². The topological polar surface area (TPSA) is 61.4 Å². The van der Waals surface area contributed by atoms with Crippen LogP contribution in [0.4, 0.5) is 0 Å². The van der Waals surface area contributed by atoms with E-state index in [-0.39, 0.29) is 11.8 Å². The van der Waals surface area contributed by atoms with E-state index in [1.54, 1.807) is 18.2 Å². The minimum Gasteiger partial charge on any atom is -0.353 e. The zero-order chi connectivity index (χ0) is 21.7. The van der Waals surface area contributed by atoms with Crippen LogP contribution >= 0.6 is 23.2 Å². The molecule has 0 spiro atoms. The van der Waals surface area contributed by atoms with Crippen LogP contribution in [0.1, 0.15) is 24.0 Å². The molecule has 160 valence electrons. The summed E-state index contributed by atoms with van der Waals surface area (Å²) in [5, 5.41) is 6.93. The Kier molecular flexibility index (Phi) is 7.40. The highest BCUT2D eigenvalue weighted by Crippen LogP contribution is 2.51. The van der Waals surface area contributed by atoms with Crippen molar-refractivity contribution < 1.29 is 9.59 Å². The molecule has 1 aliphatic rings. The first-order valence-electron chi connectivity index (χ1n) is 10.0. The molecule has 0 saturated heterocycles. The van der Waals surface area contributed by atoms with Gasteiger partial charge in [0.25, 0.3) is 0 Å². The smallest absolute Gasteiger partial charge is 0.242 e. The van der Waals surface area contributed by atoms with Crippen LogP contribution in [0.15, 0.2) is 48.5 Å². The molecule has 0 aliphatic heterocycles. The van der Waals surface area contributed by atoms with Gasteiger partial charge in [0.15, 0.2) is 0 Å². The van der Waals surface area contributed by atoms with Crippen LogP contribution in [0.25, 0.3) is 0 Å². The van der Waals surface area contributed by atoms with Gasteiger partial charge in [-0.3, -0.25) is 9.59 Å². The van der Waals surface area contributed by atoms with E-state index >= 15 is 0 Å². The molecule has 0 radical (unpaired) electrons. The lowest BCUT2D eigenvalue weighted by molar-refractivity contribution is -0.130. The zero-order valence-corrected chi connectivity index (χ0v) is 18.8. The van der Waals surface area contributed by atoms with Crippen molar-refractivity contribution in [2.75, 3.05) is 27.2 Å². The van der Waals surface area contributed by atoms with Gasteiger partial charge in [0.2, 0.25) is 11.8 Å². The van der Waals surface area contributed by atoms with Crippen molar-refractivity contribution in [2.24, 2.45) is 0 Å². The van der Waals surface area contributed by atoms with Crippen LogP contribution in [0.2, 0.25) is 10.0 Å². The second-order valence-electron chi connectivity index (χ2n) is 8.02. The quantitative estimate of drug-likeness (QED) is 0.618. The molecular weight excluding hydrogens is 421 g/mol. The Labute approximate surface area is 187 Å². The summed E-state index contributed by atoms with van der Waals surface area (Å²) in [4.78, 5) is 28.1. The average Bonchev–Trinajstić information content (AvgIpc) is 3.49. The molecule has 0 heterocycles. The Morgan fingerprint density at radius 2 is 1.80 bits per heavy atom. The number of rotatable bonds is 9. The van der Waals surface area contributed by atoms with Crippen LogP contribution in [-0.4, -0.2) is 49.9 Å². The first kappa shape index (κ1) is 22.6. The number of likely N-dealkylation sites (N-methyl/N-ethyl adjacent to an activating group) is 1. The third kappa shape index (κ3) is 5.54. The van der Waals surface area contributed by atoms with Gasteiger partial charge >= 0.3 is 0 Å². The minimum absolute atomic E-state index is 0.171. The molecule has 2 aromatic rings. The first-order valence-corrected chi connectivity index (χ1v) is 10.8. The normalized spacial score (nSPS) is 15.5. The molecule has 1 aliphatic carbocycles. The van der Waals surface area contributed by atoms with Crippen LogP contribution in [-0.2, 0) is 21.4 Å². The third-order valence-electron chi connectivity index (χ3n) is 5.39. The van der Waals surface area contributed by atoms with Crippen molar-refractivity contribution in [1.82, 2.24) is 15.5 Å². The molecule has 0 bridgehead atoms. The molecule has 2 N–H and O–H groups in total. The number of hydrogen-bond donors (Lipinski definition) is 2. The molecule has 1 saturated carbocycles. The Bertz CT molecular complexity index is 899. The molecule has 1 atom stereocenters. The van der Waals surface area contributed by atoms with E-state index in [1.807, 2.05) is 49.3 Å². The van der Waals surface area contributed by atoms with Crippen molar-refractivity contribution in [3.63, 3.8) is 0 Å². The Hall–Kier alpha value is -2.08. The standard InChI is InChI=1S/C23H27Cl2N3O2/c1-28(2)13-12-26-21(29)20(14-16-6-4-3-5-7-16)27-22(30)23(10-11-23)18-9-8-17(24)15-19(18)25/h3-9,15,20H,10-14H2,1-2H3,(H,26,29)(H,27,30). The molecule has 7 heteroatoms. The van der Waals surface area contributed by atoms with Gasteiger partial charge in [0, 0.05) is 29.6 Å². The van der Waals surface area contributed by atoms with E-state index in [9.17, 15) is 9.59 Å². The summed E-state index contributed by atoms with van der Waals surface area (Å²) < 4.78 is 0. The maximum Gasteiger partial charge on any atom is 0.242 e. The molecule has 3 rings (SSSR count). The van der Waals surface area contributed by atoms with Crippen molar-refractivity contribution >= 4 is 35.0 Å². The molecule has 1 unspecified atom stereocenters. The highest BCUT2D eigenvalue weighted by Gasteiger charge is 2.53. The fraction of sp³-hybridized carbons (Fsp3) is 0.391. The molecule has 30 heavy (non-hydrogen) atoms. The number of benzene rings is 2. The largest absolute Gasteiger partial charge is 0.353 e. The Morgan fingerprint density at radius 3 is 2.40 bits per heavy atom. The average molecular weight is 448 g/mol. The highest BCUT2D eigenvalue weighted by atomic mass is 35.5. The second-order valence-corrected chi connectivity index (χ2v) is 8.86. The maximum absolute atomic E-state index is 13.3. The van der Waals surface area contributed by atoms with Gasteiger partial charge in [0.1, 0.15) is 6.04 Å². The van der Waals surface area contributed by atoms with E-state index in [2.05, 4.69) is 10.6 Å². The zero-order valence-electron chi connectivity index (χ0n) is 17.3. The van der Waals surface area contributed by atoms with E-state index in [0.29, 0.717) is 35.9 Å². The summed E-state index contributed by atoms with van der Waals surface area (Å²) in [6.07, 6.45) is 1.81. The lowest BCUT2D eigenvalue weighted by Crippen LogP contribution is -2.51. The van der Waals surface area contributed by atoms with Crippen LogP contribution in [0.5, 0.6) is 0 Å². The number of nitrogens with zero attached hydrogens (tertiary/aromatic N) is 1. The van der Waals surface area contributed by atoms with Crippen molar-refractivity contribution in [2.45, 2.75) is 30.7 Å². The Balaban J connectivity index is 1.76. The third-order valence-corrected chi connectivity index (χ3v) is 5.94. The monoisotopic (exact) mass is 447 g/mol. The number of nitrogens with one attached hydrogen (secondary N) is 2. The summed E-state index contributed by atoms with van der Waals surface area (Å²) >= 11 is 12.4.